The molecular formula is C9H10ClORu. The molecule has 0 aliphatic heterocycles. The van der Waals surface area contributed by atoms with Crippen LogP contribution in [0.3, 0.4) is 0 Å². The van der Waals surface area contributed by atoms with Crippen molar-refractivity contribution in [1.82, 2.24) is 0 Å². The van der Waals surface area contributed by atoms with E-state index >= 15 is 0 Å². The van der Waals surface area contributed by atoms with Gasteiger partial charge in [-0.2, -0.15) is 0 Å². The van der Waals surface area contributed by atoms with Crippen LogP contribution in [0.15, 0.2) is 24.3 Å². The van der Waals surface area contributed by atoms with Gasteiger partial charge < -0.3 is 0 Å². The molecule has 0 radical (unpaired) electrons. The van der Waals surface area contributed by atoms with Crippen LogP contribution in [0.2, 0.25) is 0 Å². The van der Waals surface area contributed by atoms with E-state index in [1.807, 2.05) is 35.8 Å². The summed E-state index contributed by atoms with van der Waals surface area (Å²) in [6.07, 6.45) is 0. The van der Waals surface area contributed by atoms with Crippen molar-refractivity contribution in [2.45, 2.75) is 6.92 Å². The zero-order valence-corrected chi connectivity index (χ0v) is 9.23. The molecule has 0 spiro atoms. The van der Waals surface area contributed by atoms with Crippen LogP contribution in [0.1, 0.15) is 12.5 Å². The molecule has 1 aromatic rings. The Balaban J connectivity index is 2.91. The molecular weight excluding hydrogens is 261 g/mol. The van der Waals surface area contributed by atoms with Gasteiger partial charge in [0.1, 0.15) is 0 Å². The summed E-state index contributed by atoms with van der Waals surface area (Å²) >= 11 is -0.178. The molecule has 1 nitrogen and oxygen atoms in total. The van der Waals surface area contributed by atoms with Crippen molar-refractivity contribution in [3.8, 4) is 5.75 Å². The first kappa shape index (κ1) is 9.89. The summed E-state index contributed by atoms with van der Waals surface area (Å²) in [5.41, 5.74) is 1.10. The number of hydrogen-bond donors (Lipinski definition) is 0. The van der Waals surface area contributed by atoms with Gasteiger partial charge in [-0.25, -0.2) is 0 Å². The maximum absolute atomic E-state index is 5.69. The zero-order valence-electron chi connectivity index (χ0n) is 6.73. The predicted octanol–water partition coefficient (Wildman–Crippen LogP) is 2.47. The SMILES string of the molecule is CCOc1ccccc1[CH]=[Ru][Cl]. The van der Waals surface area contributed by atoms with Gasteiger partial charge in [-0.05, 0) is 0 Å². The van der Waals surface area contributed by atoms with Gasteiger partial charge in [-0.3, -0.25) is 0 Å². The Morgan fingerprint density at radius 3 is 2.92 bits per heavy atom. The van der Waals surface area contributed by atoms with E-state index in [4.69, 9.17) is 14.4 Å². The fourth-order valence-corrected chi connectivity index (χ4v) is 2.00. The molecule has 0 heterocycles. The third-order valence-electron chi connectivity index (χ3n) is 1.37. The third-order valence-corrected chi connectivity index (χ3v) is 2.55. The standard InChI is InChI=1S/C9H10O.ClH.Ru/c1-3-10-9-7-5-4-6-8(9)2;;/h2,4-7H,3H2,1H3;1H;/q;;+1/p-1. The van der Waals surface area contributed by atoms with Gasteiger partial charge in [0.25, 0.3) is 0 Å². The van der Waals surface area contributed by atoms with Gasteiger partial charge in [-0.15, -0.1) is 0 Å². The van der Waals surface area contributed by atoms with Crippen molar-refractivity contribution >= 4 is 14.3 Å². The quantitative estimate of drug-likeness (QED) is 0.767. The van der Waals surface area contributed by atoms with E-state index < -0.39 is 0 Å². The molecule has 12 heavy (non-hydrogen) atoms. The molecule has 1 rings (SSSR count). The monoisotopic (exact) mass is 271 g/mol. The van der Waals surface area contributed by atoms with Gasteiger partial charge >= 0.3 is 83.8 Å². The topological polar surface area (TPSA) is 9.23 Å². The van der Waals surface area contributed by atoms with Gasteiger partial charge in [-0.1, -0.05) is 0 Å². The van der Waals surface area contributed by atoms with Crippen molar-refractivity contribution in [2.75, 3.05) is 6.61 Å². The second-order valence-corrected chi connectivity index (χ2v) is 3.94. The minimum absolute atomic E-state index is 0.178. The van der Waals surface area contributed by atoms with Crippen LogP contribution in [-0.2, 0) is 15.7 Å². The van der Waals surface area contributed by atoms with Gasteiger partial charge in [0, 0.05) is 0 Å². The van der Waals surface area contributed by atoms with Gasteiger partial charge in [0.15, 0.2) is 0 Å². The molecule has 0 aliphatic carbocycles. The van der Waals surface area contributed by atoms with E-state index in [-0.39, 0.29) is 15.7 Å². The molecule has 3 heteroatoms. The molecule has 0 amide bonds. The first-order valence-corrected chi connectivity index (χ1v) is 6.90. The Labute approximate surface area is 83.9 Å². The first-order valence-electron chi connectivity index (χ1n) is 3.65. The Kier molecular flexibility index (Phi) is 4.49. The van der Waals surface area contributed by atoms with Crippen LogP contribution < -0.4 is 4.74 Å². The maximum atomic E-state index is 5.69. The molecule has 67 valence electrons. The van der Waals surface area contributed by atoms with Crippen molar-refractivity contribution in [3.05, 3.63) is 29.8 Å². The zero-order chi connectivity index (χ0) is 8.81. The number of para-hydroxylation sites is 1. The Bertz CT molecular complexity index is 273. The fraction of sp³-hybridized carbons (Fsp3) is 0.222. The normalized spacial score (nSPS) is 11.2. The van der Waals surface area contributed by atoms with Crippen molar-refractivity contribution < 1.29 is 20.4 Å². The summed E-state index contributed by atoms with van der Waals surface area (Å²) in [4.78, 5) is 0. The van der Waals surface area contributed by atoms with Crippen molar-refractivity contribution in [1.29, 1.82) is 0 Å². The Morgan fingerprint density at radius 2 is 2.25 bits per heavy atom. The molecule has 0 bridgehead atoms. The molecule has 0 aromatic heterocycles. The van der Waals surface area contributed by atoms with E-state index in [9.17, 15) is 0 Å². The molecule has 0 N–H and O–H groups in total. The van der Waals surface area contributed by atoms with E-state index in [1.54, 1.807) is 0 Å². The van der Waals surface area contributed by atoms with E-state index in [1.165, 1.54) is 0 Å². The van der Waals surface area contributed by atoms with Crippen molar-refractivity contribution in [2.24, 2.45) is 0 Å². The van der Waals surface area contributed by atoms with Crippen LogP contribution in [0.4, 0.5) is 0 Å². The molecule has 0 saturated heterocycles. The van der Waals surface area contributed by atoms with Gasteiger partial charge in [0.05, 0.1) is 0 Å². The third kappa shape index (κ3) is 2.69. The van der Waals surface area contributed by atoms with E-state index in [0.29, 0.717) is 6.61 Å². The minimum atomic E-state index is -0.178. The summed E-state index contributed by atoms with van der Waals surface area (Å²) in [6, 6.07) is 7.93. The van der Waals surface area contributed by atoms with Crippen LogP contribution in [0.25, 0.3) is 0 Å². The van der Waals surface area contributed by atoms with Gasteiger partial charge in [0.2, 0.25) is 0 Å². The number of rotatable bonds is 3. The fourth-order valence-electron chi connectivity index (χ4n) is 0.893. The van der Waals surface area contributed by atoms with Crippen LogP contribution in [-0.4, -0.2) is 11.2 Å². The molecule has 0 saturated carbocycles. The molecule has 0 unspecified atom stereocenters. The second kappa shape index (κ2) is 5.45. The Morgan fingerprint density at radius 1 is 1.50 bits per heavy atom. The van der Waals surface area contributed by atoms with Crippen molar-refractivity contribution in [3.63, 3.8) is 0 Å². The summed E-state index contributed by atoms with van der Waals surface area (Å²) in [5, 5.41) is 0. The molecule has 0 fully saturated rings. The summed E-state index contributed by atoms with van der Waals surface area (Å²) < 4.78 is 7.44. The summed E-state index contributed by atoms with van der Waals surface area (Å²) in [5.74, 6) is 0.926. The van der Waals surface area contributed by atoms with Crippen LogP contribution >= 0.6 is 9.69 Å². The van der Waals surface area contributed by atoms with E-state index in [0.717, 1.165) is 11.3 Å². The number of ether oxygens (including phenoxy) is 1. The van der Waals surface area contributed by atoms with Crippen LogP contribution in [0.5, 0.6) is 5.75 Å². The second-order valence-electron chi connectivity index (χ2n) is 2.15. The summed E-state index contributed by atoms with van der Waals surface area (Å²) in [6.45, 7) is 2.67. The molecule has 0 atom stereocenters. The number of benzene rings is 1. The molecule has 1 aromatic carbocycles. The number of hydrogen-bond acceptors (Lipinski definition) is 1. The van der Waals surface area contributed by atoms with Crippen LogP contribution in [0, 0.1) is 0 Å². The Hall–Kier alpha value is -0.197. The predicted molar refractivity (Wildman–Crippen MR) is 48.6 cm³/mol. The first-order chi connectivity index (χ1) is 5.88. The molecule has 0 aliphatic rings. The van der Waals surface area contributed by atoms with E-state index in [2.05, 4.69) is 0 Å². The summed E-state index contributed by atoms with van der Waals surface area (Å²) in [7, 11) is 5.69. The average molecular weight is 271 g/mol. The number of halogens is 1. The average Bonchev–Trinajstić information content (AvgIpc) is 2.09.